The SMILES string of the molecule is CCCCCCc1cc(-c2cc(SCCNC(=O)CCCC[N+]3=C(/C=C4/C(=O)C(/C=C5/N(CCCC)c6ccccc6C5(C)C)=C4C(=C=N)C#N)C(C)(C)c4ccccc43)c(-c3cc(CCCCCC)c(CC)s3)c3nsnc23)sc1C. The number of allylic oxidation sites excluding steroid dienone is 7. The molecule has 2 aliphatic heterocycles. The van der Waals surface area contributed by atoms with Crippen molar-refractivity contribution in [1.82, 2.24) is 14.1 Å². The third-order valence-corrected chi connectivity index (χ3v) is 21.0. The van der Waals surface area contributed by atoms with Crippen molar-refractivity contribution in [1.29, 1.82) is 10.7 Å². The van der Waals surface area contributed by atoms with Crippen LogP contribution in [0.15, 0.2) is 112 Å². The van der Waals surface area contributed by atoms with E-state index in [2.05, 4.69) is 150 Å². The van der Waals surface area contributed by atoms with Gasteiger partial charge < -0.3 is 10.2 Å². The van der Waals surface area contributed by atoms with Crippen LogP contribution >= 0.6 is 46.2 Å². The van der Waals surface area contributed by atoms with E-state index in [1.807, 2.05) is 40.9 Å². The Labute approximate surface area is 504 Å². The van der Waals surface area contributed by atoms with Crippen LogP contribution in [-0.2, 0) is 39.7 Å². The first-order valence-electron chi connectivity index (χ1n) is 30.2. The van der Waals surface area contributed by atoms with Crippen molar-refractivity contribution in [3.63, 3.8) is 0 Å². The number of carbonyl (C=O) groups excluding carboxylic acids is 2. The number of anilines is 1. The van der Waals surface area contributed by atoms with Crippen LogP contribution in [0.3, 0.4) is 0 Å². The number of hydrogen-bond acceptors (Lipinski definition) is 11. The van der Waals surface area contributed by atoms with Gasteiger partial charge in [-0.15, -0.1) is 34.4 Å². The Morgan fingerprint density at radius 3 is 2.22 bits per heavy atom. The zero-order valence-corrected chi connectivity index (χ0v) is 53.1. The third kappa shape index (κ3) is 12.4. The van der Waals surface area contributed by atoms with Crippen LogP contribution in [0.4, 0.5) is 11.4 Å². The highest BCUT2D eigenvalue weighted by atomic mass is 32.2. The molecule has 0 radical (unpaired) electrons. The van der Waals surface area contributed by atoms with E-state index >= 15 is 0 Å². The highest BCUT2D eigenvalue weighted by molar-refractivity contribution is 7.99. The second-order valence-electron chi connectivity index (χ2n) is 23.3. The van der Waals surface area contributed by atoms with Crippen LogP contribution in [0.25, 0.3) is 31.9 Å². The number of aromatic nitrogens is 2. The number of ketones is 1. The van der Waals surface area contributed by atoms with Crippen molar-refractivity contribution in [3.05, 3.63) is 139 Å². The molecule has 6 aromatic rings. The van der Waals surface area contributed by atoms with E-state index in [9.17, 15) is 14.9 Å². The number of hydrogen-bond donors (Lipinski definition) is 2. The number of para-hydroxylation sites is 2. The summed E-state index contributed by atoms with van der Waals surface area (Å²) < 4.78 is 12.3. The largest absolute Gasteiger partial charge is 0.355 e. The van der Waals surface area contributed by atoms with Gasteiger partial charge in [-0.25, -0.2) is 0 Å². The molecular weight excluding hydrogens is 1090 g/mol. The van der Waals surface area contributed by atoms with Gasteiger partial charge in [0.15, 0.2) is 11.5 Å². The predicted octanol–water partition coefficient (Wildman–Crippen LogP) is 17.7. The first-order valence-corrected chi connectivity index (χ1v) is 33.5. The van der Waals surface area contributed by atoms with Crippen LogP contribution in [0.2, 0.25) is 0 Å². The number of thioether (sulfide) groups is 1. The number of rotatable bonds is 28. The molecule has 3 aromatic heterocycles. The summed E-state index contributed by atoms with van der Waals surface area (Å²) in [5, 5.41) is 21.9. The van der Waals surface area contributed by atoms with Gasteiger partial charge in [0, 0.05) is 118 Å². The summed E-state index contributed by atoms with van der Waals surface area (Å²) >= 11 is 6.89. The number of carbonyl (C=O) groups is 2. The highest BCUT2D eigenvalue weighted by Crippen LogP contribution is 2.51. The van der Waals surface area contributed by atoms with Crippen LogP contribution in [0.5, 0.6) is 0 Å². The minimum absolute atomic E-state index is 0.0361. The van der Waals surface area contributed by atoms with E-state index in [0.717, 1.165) is 90.0 Å². The zero-order valence-electron chi connectivity index (χ0n) is 49.8. The molecule has 3 aliphatic rings. The Morgan fingerprint density at radius 1 is 0.805 bits per heavy atom. The van der Waals surface area contributed by atoms with Crippen LogP contribution < -0.4 is 10.2 Å². The molecule has 0 fully saturated rings. The number of fused-ring (bicyclic) bond motifs is 3. The average Bonchev–Trinajstić information content (AvgIpc) is 3.36. The number of aryl methyl sites for hydroxylation is 4. The maximum atomic E-state index is 14.6. The Kier molecular flexibility index (Phi) is 20.1. The number of thiophene rings is 2. The number of nitriles is 1. The summed E-state index contributed by atoms with van der Waals surface area (Å²) in [6.07, 6.45) is 20.9. The second kappa shape index (κ2) is 27.1. The first-order chi connectivity index (χ1) is 39.7. The van der Waals surface area contributed by atoms with Crippen molar-refractivity contribution >= 4 is 91.8 Å². The molecule has 0 saturated carbocycles. The number of benzene rings is 3. The smallest absolute Gasteiger partial charge is 0.220 e. The summed E-state index contributed by atoms with van der Waals surface area (Å²) in [7, 11) is 0. The lowest BCUT2D eigenvalue weighted by molar-refractivity contribution is -0.438. The van der Waals surface area contributed by atoms with E-state index < -0.39 is 5.41 Å². The molecule has 0 bridgehead atoms. The van der Waals surface area contributed by atoms with Gasteiger partial charge in [-0.1, -0.05) is 123 Å². The monoisotopic (exact) mass is 1170 g/mol. The molecule has 2 N–H and O–H groups in total. The third-order valence-electron chi connectivity index (χ3n) is 17.0. The Morgan fingerprint density at radius 2 is 1.50 bits per heavy atom. The molecule has 0 atom stereocenters. The molecule has 13 heteroatoms. The van der Waals surface area contributed by atoms with E-state index in [-0.39, 0.29) is 22.7 Å². The molecule has 9 rings (SSSR count). The van der Waals surface area contributed by atoms with Gasteiger partial charge in [0.05, 0.1) is 17.1 Å². The molecule has 0 spiro atoms. The van der Waals surface area contributed by atoms with E-state index in [4.69, 9.17) is 14.2 Å². The van der Waals surface area contributed by atoms with Gasteiger partial charge in [-0.05, 0) is 119 Å². The predicted molar refractivity (Wildman–Crippen MR) is 347 cm³/mol. The number of unbranched alkanes of at least 4 members (excludes halogenated alkanes) is 8. The Bertz CT molecular complexity index is 3590. The van der Waals surface area contributed by atoms with Crippen LogP contribution in [0.1, 0.15) is 171 Å². The summed E-state index contributed by atoms with van der Waals surface area (Å²) in [5.41, 5.74) is 14.2. The van der Waals surface area contributed by atoms with Gasteiger partial charge in [-0.2, -0.15) is 18.6 Å². The lowest BCUT2D eigenvalue weighted by Crippen LogP contribution is -2.32. The van der Waals surface area contributed by atoms with Crippen LogP contribution in [-0.4, -0.2) is 62.0 Å². The minimum Gasteiger partial charge on any atom is -0.355 e. The summed E-state index contributed by atoms with van der Waals surface area (Å²) in [6.45, 7) is 22.0. The fourth-order valence-electron chi connectivity index (χ4n) is 12.4. The minimum atomic E-state index is -0.468. The molecule has 82 heavy (non-hydrogen) atoms. The standard InChI is InChI=1S/C69H81N7O2S4/c1-10-14-17-19-27-46-38-57(80-45(46)5)49-40-58(64(66-65(49)73-82-74-66)59-39-47(56(13-4)81-59)28-20-18-15-11-2)79-37-34-72-62(77)33-25-26-36-76-55-32-24-22-30-53(55)69(8,9)61(76)42-51-63(48(43-70)44-71)50(67(51)78)41-60-68(6,7)52-29-21-23-31-54(52)75(60)35-16-12-3/h21-24,29-32,38-42,70H,10-20,25-28,33-37H2,1-9H3/p+1. The van der Waals surface area contributed by atoms with E-state index in [0.29, 0.717) is 48.4 Å². The summed E-state index contributed by atoms with van der Waals surface area (Å²) in [6, 6.07) is 26.2. The van der Waals surface area contributed by atoms with Gasteiger partial charge in [0.2, 0.25) is 11.6 Å². The summed E-state index contributed by atoms with van der Waals surface area (Å²) in [5.74, 6) is 3.00. The molecular formula is C69H82N7O2S4+. The summed E-state index contributed by atoms with van der Waals surface area (Å²) in [4.78, 5) is 37.2. The zero-order chi connectivity index (χ0) is 58.1. The lowest BCUT2D eigenvalue weighted by atomic mass is 9.73. The van der Waals surface area contributed by atoms with Crippen molar-refractivity contribution in [3.8, 4) is 27.0 Å². The molecule has 1 aliphatic carbocycles. The number of Topliss-reactive ketones (excluding diaryl/α,β-unsaturated/α-hetero) is 1. The van der Waals surface area contributed by atoms with Crippen molar-refractivity contribution < 1.29 is 14.2 Å². The Hall–Kier alpha value is -6.00. The second-order valence-corrected chi connectivity index (χ2v) is 27.3. The van der Waals surface area contributed by atoms with Crippen molar-refractivity contribution in [2.75, 3.05) is 30.3 Å². The number of amides is 1. The van der Waals surface area contributed by atoms with Crippen molar-refractivity contribution in [2.45, 2.75) is 181 Å². The fraction of sp³-hybridized carbons (Fsp3) is 0.449. The molecule has 9 nitrogen and oxygen atoms in total. The number of nitrogens with one attached hydrogen (secondary N) is 2. The van der Waals surface area contributed by atoms with Crippen molar-refractivity contribution in [2.24, 2.45) is 0 Å². The molecule has 5 heterocycles. The quantitative estimate of drug-likeness (QED) is 0.0125. The van der Waals surface area contributed by atoms with Gasteiger partial charge >= 0.3 is 0 Å². The molecule has 0 saturated heterocycles. The number of nitrogens with zero attached hydrogens (tertiary/aromatic N) is 5. The average molecular weight is 1170 g/mol. The maximum Gasteiger partial charge on any atom is 0.220 e. The van der Waals surface area contributed by atoms with E-state index in [1.165, 1.54) is 110 Å². The molecule has 0 unspecified atom stereocenters. The topological polar surface area (TPSA) is 126 Å². The van der Waals surface area contributed by atoms with E-state index in [1.54, 1.807) is 11.8 Å². The van der Waals surface area contributed by atoms with Gasteiger partial charge in [0.25, 0.3) is 0 Å². The normalized spacial score (nSPS) is 16.1. The first kappa shape index (κ1) is 60.6. The molecule has 1 amide bonds. The van der Waals surface area contributed by atoms with Crippen LogP contribution in [0, 0.1) is 23.7 Å². The maximum absolute atomic E-state index is 14.6. The fourth-order valence-corrected chi connectivity index (χ4v) is 16.3. The highest BCUT2D eigenvalue weighted by Gasteiger charge is 2.47. The van der Waals surface area contributed by atoms with Gasteiger partial charge in [-0.3, -0.25) is 15.0 Å². The van der Waals surface area contributed by atoms with Gasteiger partial charge in [0.1, 0.15) is 29.2 Å². The molecule has 428 valence electrons. The molecule has 3 aromatic carbocycles. The lowest BCUT2D eigenvalue weighted by Gasteiger charge is -2.30. The Balaban J connectivity index is 0.923.